The molecule has 0 aliphatic rings. The lowest BCUT2D eigenvalue weighted by Crippen LogP contribution is -2.09. The summed E-state index contributed by atoms with van der Waals surface area (Å²) >= 11 is 0. The number of fused-ring (bicyclic) bond motifs is 1. The average Bonchev–Trinajstić information content (AvgIpc) is 2.41. The van der Waals surface area contributed by atoms with Crippen LogP contribution in [-0.4, -0.2) is 38.3 Å². The number of ether oxygens (including phenoxy) is 1. The quantitative estimate of drug-likeness (QED) is 0.397. The van der Waals surface area contributed by atoms with Crippen molar-refractivity contribution in [1.82, 2.24) is 0 Å². The Morgan fingerprint density at radius 1 is 1.04 bits per heavy atom. The first-order chi connectivity index (χ1) is 10.6. The molecular weight excluding hydrogens is 346 g/mol. The van der Waals surface area contributed by atoms with Gasteiger partial charge in [0.1, 0.15) is 5.75 Å². The van der Waals surface area contributed by atoms with Crippen molar-refractivity contribution in [2.75, 3.05) is 18.1 Å². The molecule has 126 valence electrons. The smallest absolute Gasteiger partial charge is 0.294 e. The third-order valence-electron chi connectivity index (χ3n) is 3.02. The van der Waals surface area contributed by atoms with Crippen molar-refractivity contribution < 1.29 is 30.7 Å². The molecule has 0 heterocycles. The fourth-order valence-electron chi connectivity index (χ4n) is 2.01. The molecular formula is C13H15NO7S2. The van der Waals surface area contributed by atoms with Crippen molar-refractivity contribution in [3.05, 3.63) is 30.3 Å². The first kappa shape index (κ1) is 17.5. The van der Waals surface area contributed by atoms with E-state index in [1.807, 2.05) is 0 Å². The van der Waals surface area contributed by atoms with Crippen LogP contribution >= 0.6 is 0 Å². The molecule has 0 aromatic heterocycles. The van der Waals surface area contributed by atoms with Gasteiger partial charge in [0.2, 0.25) is 0 Å². The Hall–Kier alpha value is -1.88. The van der Waals surface area contributed by atoms with Crippen LogP contribution in [0.4, 0.5) is 5.69 Å². The molecule has 0 saturated heterocycles. The molecule has 2 rings (SSSR count). The van der Waals surface area contributed by atoms with Crippen LogP contribution < -0.4 is 10.5 Å². The van der Waals surface area contributed by atoms with Gasteiger partial charge in [-0.15, -0.1) is 0 Å². The van der Waals surface area contributed by atoms with E-state index in [0.29, 0.717) is 16.5 Å². The Balaban J connectivity index is 2.37. The van der Waals surface area contributed by atoms with Crippen LogP contribution in [0.25, 0.3) is 10.8 Å². The highest BCUT2D eigenvalue weighted by Crippen LogP contribution is 2.31. The number of benzene rings is 2. The van der Waals surface area contributed by atoms with Gasteiger partial charge in [-0.2, -0.15) is 16.8 Å². The molecule has 10 heteroatoms. The summed E-state index contributed by atoms with van der Waals surface area (Å²) in [6.07, 6.45) is 0.0126. The summed E-state index contributed by atoms with van der Waals surface area (Å²) in [5, 5.41) is 1.00. The molecule has 0 radical (unpaired) electrons. The highest BCUT2D eigenvalue weighted by Gasteiger charge is 2.15. The van der Waals surface area contributed by atoms with Crippen molar-refractivity contribution in [3.63, 3.8) is 0 Å². The Morgan fingerprint density at radius 2 is 1.74 bits per heavy atom. The summed E-state index contributed by atoms with van der Waals surface area (Å²) in [4.78, 5) is -0.348. The van der Waals surface area contributed by atoms with Crippen LogP contribution in [0.3, 0.4) is 0 Å². The largest absolute Gasteiger partial charge is 0.493 e. The van der Waals surface area contributed by atoms with Gasteiger partial charge >= 0.3 is 0 Å². The van der Waals surface area contributed by atoms with Gasteiger partial charge in [-0.05, 0) is 30.0 Å². The average molecular weight is 361 g/mol. The predicted octanol–water partition coefficient (Wildman–Crippen LogP) is 1.33. The van der Waals surface area contributed by atoms with Crippen LogP contribution in [0, 0.1) is 0 Å². The standard InChI is InChI=1S/C13H15NO7S2/c14-10-3-2-9-6-11(23(18,19)20)8-13(12(9)7-10)21-4-1-5-22(15,16)17/h2-3,6-8H,1,4-5,14H2,(H,15,16,17)(H,18,19,20). The molecule has 8 nitrogen and oxygen atoms in total. The molecule has 0 unspecified atom stereocenters. The molecule has 0 saturated carbocycles. The van der Waals surface area contributed by atoms with Gasteiger partial charge in [-0.1, -0.05) is 6.07 Å². The van der Waals surface area contributed by atoms with E-state index >= 15 is 0 Å². The Morgan fingerprint density at radius 3 is 2.35 bits per heavy atom. The summed E-state index contributed by atoms with van der Waals surface area (Å²) in [5.41, 5.74) is 6.12. The van der Waals surface area contributed by atoms with E-state index in [-0.39, 0.29) is 23.7 Å². The molecule has 0 bridgehead atoms. The number of nitrogens with two attached hydrogens (primary N) is 1. The maximum atomic E-state index is 11.3. The van der Waals surface area contributed by atoms with E-state index in [2.05, 4.69) is 0 Å². The second-order valence-electron chi connectivity index (χ2n) is 4.87. The van der Waals surface area contributed by atoms with Gasteiger partial charge in [0.05, 0.1) is 17.3 Å². The van der Waals surface area contributed by atoms with Crippen LogP contribution in [0.1, 0.15) is 6.42 Å². The normalized spacial score (nSPS) is 12.4. The summed E-state index contributed by atoms with van der Waals surface area (Å²) in [6, 6.07) is 7.11. The zero-order chi connectivity index (χ0) is 17.3. The maximum Gasteiger partial charge on any atom is 0.294 e. The molecule has 0 atom stereocenters. The lowest BCUT2D eigenvalue weighted by molar-refractivity contribution is 0.319. The zero-order valence-electron chi connectivity index (χ0n) is 11.8. The van der Waals surface area contributed by atoms with Crippen LogP contribution in [-0.2, 0) is 20.2 Å². The molecule has 0 fully saturated rings. The third-order valence-corrected chi connectivity index (χ3v) is 4.65. The van der Waals surface area contributed by atoms with E-state index in [1.165, 1.54) is 6.07 Å². The first-order valence-electron chi connectivity index (χ1n) is 6.45. The number of hydrogen-bond donors (Lipinski definition) is 3. The second kappa shape index (κ2) is 6.32. The molecule has 2 aromatic carbocycles. The third kappa shape index (κ3) is 4.79. The van der Waals surface area contributed by atoms with Gasteiger partial charge in [0.25, 0.3) is 20.2 Å². The number of anilines is 1. The highest BCUT2D eigenvalue weighted by atomic mass is 32.2. The molecule has 0 aliphatic carbocycles. The number of rotatable bonds is 6. The fraction of sp³-hybridized carbons (Fsp3) is 0.231. The van der Waals surface area contributed by atoms with E-state index in [4.69, 9.17) is 15.0 Å². The Labute approximate surface area is 133 Å². The highest BCUT2D eigenvalue weighted by molar-refractivity contribution is 7.86. The Bertz CT molecular complexity index is 936. The van der Waals surface area contributed by atoms with Crippen molar-refractivity contribution >= 4 is 36.7 Å². The predicted molar refractivity (Wildman–Crippen MR) is 84.7 cm³/mol. The molecule has 0 amide bonds. The molecule has 4 N–H and O–H groups in total. The van der Waals surface area contributed by atoms with Gasteiger partial charge in [0.15, 0.2) is 0 Å². The molecule has 0 spiro atoms. The molecule has 0 aliphatic heterocycles. The van der Waals surface area contributed by atoms with E-state index in [9.17, 15) is 21.4 Å². The minimum atomic E-state index is -4.43. The fourth-order valence-corrected chi connectivity index (χ4v) is 3.02. The Kier molecular flexibility index (Phi) is 4.80. The lowest BCUT2D eigenvalue weighted by Gasteiger charge is -2.11. The van der Waals surface area contributed by atoms with Gasteiger partial charge < -0.3 is 10.5 Å². The minimum Gasteiger partial charge on any atom is -0.493 e. The van der Waals surface area contributed by atoms with Crippen molar-refractivity contribution in [3.8, 4) is 5.75 Å². The van der Waals surface area contributed by atoms with E-state index in [0.717, 1.165) is 6.07 Å². The summed E-state index contributed by atoms with van der Waals surface area (Å²) in [5.74, 6) is -0.344. The second-order valence-corrected chi connectivity index (χ2v) is 7.86. The SMILES string of the molecule is Nc1ccc2cc(S(=O)(=O)O)cc(OCCCS(=O)(=O)O)c2c1. The lowest BCUT2D eigenvalue weighted by atomic mass is 10.1. The minimum absolute atomic E-state index is 0.0126. The molecule has 2 aromatic rings. The summed E-state index contributed by atoms with van der Waals surface area (Å²) in [7, 11) is -8.52. The van der Waals surface area contributed by atoms with Gasteiger partial charge in [-0.3, -0.25) is 9.11 Å². The van der Waals surface area contributed by atoms with Gasteiger partial charge in [0, 0.05) is 17.1 Å². The maximum absolute atomic E-state index is 11.3. The van der Waals surface area contributed by atoms with Crippen LogP contribution in [0.15, 0.2) is 35.2 Å². The molecule has 23 heavy (non-hydrogen) atoms. The van der Waals surface area contributed by atoms with E-state index in [1.54, 1.807) is 18.2 Å². The van der Waals surface area contributed by atoms with E-state index < -0.39 is 26.0 Å². The summed E-state index contributed by atoms with van der Waals surface area (Å²) < 4.78 is 67.2. The summed E-state index contributed by atoms with van der Waals surface area (Å²) in [6.45, 7) is -0.0708. The van der Waals surface area contributed by atoms with Crippen LogP contribution in [0.2, 0.25) is 0 Å². The van der Waals surface area contributed by atoms with Gasteiger partial charge in [-0.25, -0.2) is 0 Å². The first-order valence-corrected chi connectivity index (χ1v) is 9.50. The van der Waals surface area contributed by atoms with Crippen LogP contribution in [0.5, 0.6) is 5.75 Å². The zero-order valence-corrected chi connectivity index (χ0v) is 13.5. The van der Waals surface area contributed by atoms with Crippen molar-refractivity contribution in [2.45, 2.75) is 11.3 Å². The monoisotopic (exact) mass is 361 g/mol. The topological polar surface area (TPSA) is 144 Å². The number of hydrogen-bond acceptors (Lipinski definition) is 6. The number of nitrogen functional groups attached to an aromatic ring is 1. The van der Waals surface area contributed by atoms with Crippen molar-refractivity contribution in [1.29, 1.82) is 0 Å². The van der Waals surface area contributed by atoms with Crippen molar-refractivity contribution in [2.24, 2.45) is 0 Å².